The molecule has 2 fully saturated rings. The third-order valence-corrected chi connectivity index (χ3v) is 4.26. The predicted octanol–water partition coefficient (Wildman–Crippen LogP) is 1.86. The summed E-state index contributed by atoms with van der Waals surface area (Å²) in [6.45, 7) is 6.46. The number of nitrogens with zero attached hydrogens (tertiary/aromatic N) is 1. The van der Waals surface area contributed by atoms with Crippen LogP contribution in [0.4, 0.5) is 0 Å². The van der Waals surface area contributed by atoms with E-state index in [1.807, 2.05) is 32.9 Å². The van der Waals surface area contributed by atoms with Gasteiger partial charge >= 0.3 is 0 Å². The fourth-order valence-corrected chi connectivity index (χ4v) is 3.30. The Labute approximate surface area is 115 Å². The molecule has 0 aromatic rings. The number of allylic oxidation sites excluding steroid dienone is 1. The van der Waals surface area contributed by atoms with Gasteiger partial charge in [-0.1, -0.05) is 38.8 Å². The van der Waals surface area contributed by atoms with Crippen molar-refractivity contribution in [3.8, 4) is 0 Å². The lowest BCUT2D eigenvalue weighted by molar-refractivity contribution is -0.155. The first-order valence-corrected chi connectivity index (χ1v) is 7.26. The first kappa shape index (κ1) is 14.1. The Bertz CT molecular complexity index is 395. The highest BCUT2D eigenvalue weighted by molar-refractivity contribution is 6.00. The molecule has 19 heavy (non-hydrogen) atoms. The third-order valence-electron chi connectivity index (χ3n) is 4.26. The summed E-state index contributed by atoms with van der Waals surface area (Å²) in [5.41, 5.74) is -0.607. The molecule has 1 atom stereocenters. The van der Waals surface area contributed by atoms with E-state index in [0.29, 0.717) is 6.54 Å². The van der Waals surface area contributed by atoms with Gasteiger partial charge in [-0.3, -0.25) is 9.59 Å². The molecule has 0 bridgehead atoms. The molecule has 1 aliphatic carbocycles. The van der Waals surface area contributed by atoms with E-state index in [1.54, 1.807) is 4.90 Å². The molecule has 1 heterocycles. The predicted molar refractivity (Wildman–Crippen MR) is 74.5 cm³/mol. The summed E-state index contributed by atoms with van der Waals surface area (Å²) >= 11 is 0. The van der Waals surface area contributed by atoms with E-state index in [2.05, 4.69) is 5.32 Å². The van der Waals surface area contributed by atoms with E-state index in [4.69, 9.17) is 0 Å². The van der Waals surface area contributed by atoms with Crippen molar-refractivity contribution >= 4 is 11.8 Å². The molecule has 106 valence electrons. The summed E-state index contributed by atoms with van der Waals surface area (Å²) in [7, 11) is 0. The molecule has 0 aromatic carbocycles. The normalized spacial score (nSPS) is 26.7. The monoisotopic (exact) mass is 264 g/mol. The van der Waals surface area contributed by atoms with Gasteiger partial charge < -0.3 is 10.2 Å². The van der Waals surface area contributed by atoms with Crippen LogP contribution in [0.3, 0.4) is 0 Å². The van der Waals surface area contributed by atoms with E-state index in [1.165, 1.54) is 0 Å². The number of hydrogen-bond acceptors (Lipinski definition) is 2. The van der Waals surface area contributed by atoms with E-state index in [-0.39, 0.29) is 23.8 Å². The van der Waals surface area contributed by atoms with Crippen LogP contribution in [0, 0.1) is 5.92 Å². The Kier molecular flexibility index (Phi) is 3.97. The first-order chi connectivity index (χ1) is 9.02. The van der Waals surface area contributed by atoms with Crippen LogP contribution in [0.25, 0.3) is 0 Å². The van der Waals surface area contributed by atoms with Crippen LogP contribution in [0.5, 0.6) is 0 Å². The zero-order valence-electron chi connectivity index (χ0n) is 12.1. The topological polar surface area (TPSA) is 49.4 Å². The Balaban J connectivity index is 2.30. The van der Waals surface area contributed by atoms with Crippen molar-refractivity contribution in [2.45, 2.75) is 58.0 Å². The summed E-state index contributed by atoms with van der Waals surface area (Å²) < 4.78 is 0. The van der Waals surface area contributed by atoms with E-state index in [0.717, 1.165) is 25.7 Å². The number of piperazine rings is 1. The summed E-state index contributed by atoms with van der Waals surface area (Å²) in [5.74, 6) is 0.260. The molecule has 1 saturated heterocycles. The molecular formula is C15H24N2O2. The lowest BCUT2D eigenvalue weighted by atomic mass is 9.87. The average Bonchev–Trinajstić information content (AvgIpc) is 2.80. The van der Waals surface area contributed by atoms with Gasteiger partial charge in [0.2, 0.25) is 11.8 Å². The van der Waals surface area contributed by atoms with E-state index in [9.17, 15) is 9.59 Å². The van der Waals surface area contributed by atoms with Crippen molar-refractivity contribution in [3.05, 3.63) is 12.2 Å². The third kappa shape index (κ3) is 2.40. The minimum atomic E-state index is -0.607. The molecule has 1 spiro atoms. The SMILES string of the molecule is C/C=C/CN1C(=O)C2(CCCC2)NC(=O)C1C(C)C. The highest BCUT2D eigenvalue weighted by Gasteiger charge is 2.52. The maximum Gasteiger partial charge on any atom is 0.249 e. The minimum Gasteiger partial charge on any atom is -0.340 e. The second-order valence-corrected chi connectivity index (χ2v) is 5.99. The highest BCUT2D eigenvalue weighted by Crippen LogP contribution is 2.35. The molecule has 2 aliphatic rings. The smallest absolute Gasteiger partial charge is 0.249 e. The van der Waals surface area contributed by atoms with Gasteiger partial charge in [0.1, 0.15) is 11.6 Å². The molecule has 1 aliphatic heterocycles. The van der Waals surface area contributed by atoms with Crippen LogP contribution in [-0.4, -0.2) is 34.8 Å². The highest BCUT2D eigenvalue weighted by atomic mass is 16.2. The molecular weight excluding hydrogens is 240 g/mol. The maximum absolute atomic E-state index is 12.8. The largest absolute Gasteiger partial charge is 0.340 e. The number of hydrogen-bond donors (Lipinski definition) is 1. The van der Waals surface area contributed by atoms with E-state index >= 15 is 0 Å². The van der Waals surface area contributed by atoms with Crippen LogP contribution < -0.4 is 5.32 Å². The van der Waals surface area contributed by atoms with Gasteiger partial charge in [0.05, 0.1) is 0 Å². The molecule has 4 heteroatoms. The second-order valence-electron chi connectivity index (χ2n) is 5.99. The van der Waals surface area contributed by atoms with Crippen molar-refractivity contribution in [2.24, 2.45) is 5.92 Å². The van der Waals surface area contributed by atoms with Crippen molar-refractivity contribution in [2.75, 3.05) is 6.54 Å². The quantitative estimate of drug-likeness (QED) is 0.791. The van der Waals surface area contributed by atoms with Crippen LogP contribution >= 0.6 is 0 Å². The summed E-state index contributed by atoms with van der Waals surface area (Å²) in [5, 5.41) is 3.03. The van der Waals surface area contributed by atoms with Gasteiger partial charge in [-0.15, -0.1) is 0 Å². The molecule has 4 nitrogen and oxygen atoms in total. The number of amides is 2. The average molecular weight is 264 g/mol. The first-order valence-electron chi connectivity index (χ1n) is 7.26. The minimum absolute atomic E-state index is 0.0148. The lowest BCUT2D eigenvalue weighted by Crippen LogP contribution is -2.70. The molecule has 1 saturated carbocycles. The molecule has 2 rings (SSSR count). The Hall–Kier alpha value is -1.32. The number of carbonyl (C=O) groups excluding carboxylic acids is 2. The summed E-state index contributed by atoms with van der Waals surface area (Å²) in [6, 6.07) is -0.338. The molecule has 1 N–H and O–H groups in total. The Morgan fingerprint density at radius 1 is 1.37 bits per heavy atom. The molecule has 0 radical (unpaired) electrons. The van der Waals surface area contributed by atoms with Gasteiger partial charge in [-0.05, 0) is 25.7 Å². The van der Waals surface area contributed by atoms with Gasteiger partial charge in [-0.25, -0.2) is 0 Å². The van der Waals surface area contributed by atoms with Crippen molar-refractivity contribution in [3.63, 3.8) is 0 Å². The van der Waals surface area contributed by atoms with Crippen molar-refractivity contribution in [1.82, 2.24) is 10.2 Å². The Morgan fingerprint density at radius 3 is 2.53 bits per heavy atom. The number of rotatable bonds is 3. The van der Waals surface area contributed by atoms with Gasteiger partial charge in [-0.2, -0.15) is 0 Å². The van der Waals surface area contributed by atoms with E-state index < -0.39 is 5.54 Å². The number of carbonyl (C=O) groups is 2. The molecule has 1 unspecified atom stereocenters. The van der Waals surface area contributed by atoms with Crippen LogP contribution in [0.15, 0.2) is 12.2 Å². The Morgan fingerprint density at radius 2 is 2.00 bits per heavy atom. The van der Waals surface area contributed by atoms with Crippen molar-refractivity contribution in [1.29, 1.82) is 0 Å². The maximum atomic E-state index is 12.8. The van der Waals surface area contributed by atoms with Crippen LogP contribution in [-0.2, 0) is 9.59 Å². The standard InChI is InChI=1S/C15H24N2O2/c1-4-5-10-17-12(11(2)3)13(18)16-15(14(17)19)8-6-7-9-15/h4-5,11-12H,6-10H2,1-3H3,(H,16,18)/b5-4+. The van der Waals surface area contributed by atoms with Crippen molar-refractivity contribution < 1.29 is 9.59 Å². The fourth-order valence-electron chi connectivity index (χ4n) is 3.30. The van der Waals surface area contributed by atoms with Crippen LogP contribution in [0.1, 0.15) is 46.5 Å². The van der Waals surface area contributed by atoms with Gasteiger partial charge in [0.25, 0.3) is 0 Å². The molecule has 2 amide bonds. The summed E-state index contributed by atoms with van der Waals surface area (Å²) in [4.78, 5) is 27.0. The zero-order valence-corrected chi connectivity index (χ0v) is 12.1. The fraction of sp³-hybridized carbons (Fsp3) is 0.733. The molecule has 0 aromatic heterocycles. The zero-order chi connectivity index (χ0) is 14.0. The summed E-state index contributed by atoms with van der Waals surface area (Å²) in [6.07, 6.45) is 7.50. The lowest BCUT2D eigenvalue weighted by Gasteiger charge is -2.45. The van der Waals surface area contributed by atoms with Gasteiger partial charge in [0.15, 0.2) is 0 Å². The van der Waals surface area contributed by atoms with Crippen LogP contribution in [0.2, 0.25) is 0 Å². The second kappa shape index (κ2) is 5.35. The van der Waals surface area contributed by atoms with Gasteiger partial charge in [0, 0.05) is 6.54 Å². The number of nitrogens with one attached hydrogen (secondary N) is 1.